The van der Waals surface area contributed by atoms with Crippen LogP contribution in [0.15, 0.2) is 54.6 Å². The number of hydrogen-bond donors (Lipinski definition) is 1. The fourth-order valence-corrected chi connectivity index (χ4v) is 3.57. The van der Waals surface area contributed by atoms with Gasteiger partial charge in [-0.2, -0.15) is 5.10 Å². The summed E-state index contributed by atoms with van der Waals surface area (Å²) in [6.45, 7) is 5.63. The third-order valence-electron chi connectivity index (χ3n) is 5.29. The summed E-state index contributed by atoms with van der Waals surface area (Å²) in [6.07, 6.45) is 0.804. The predicted octanol–water partition coefficient (Wildman–Crippen LogP) is 5.03. The van der Waals surface area contributed by atoms with Gasteiger partial charge in [-0.05, 0) is 50.5 Å². The molecule has 0 aliphatic carbocycles. The minimum Gasteiger partial charge on any atom is -0.326 e. The van der Waals surface area contributed by atoms with Gasteiger partial charge in [0.15, 0.2) is 5.65 Å². The van der Waals surface area contributed by atoms with Crippen molar-refractivity contribution in [2.45, 2.75) is 33.6 Å². The van der Waals surface area contributed by atoms with E-state index in [4.69, 9.17) is 5.10 Å². The van der Waals surface area contributed by atoms with Crippen molar-refractivity contribution in [3.8, 4) is 11.3 Å². The molecule has 5 nitrogen and oxygen atoms in total. The largest absolute Gasteiger partial charge is 0.326 e. The van der Waals surface area contributed by atoms with Crippen molar-refractivity contribution in [1.29, 1.82) is 0 Å². The van der Waals surface area contributed by atoms with Crippen LogP contribution in [0.1, 0.15) is 28.9 Å². The monoisotopic (exact) mass is 402 g/mol. The second kappa shape index (κ2) is 8.06. The SMILES string of the molecule is Cc1ccc(NC(=O)CCc2c(C)nc3cc(-c4ccccc4)nn3c2C)cc1F. The minimum atomic E-state index is -0.331. The molecule has 2 aromatic carbocycles. The molecule has 0 saturated carbocycles. The Morgan fingerprint density at radius 3 is 2.57 bits per heavy atom. The smallest absolute Gasteiger partial charge is 0.224 e. The van der Waals surface area contributed by atoms with Gasteiger partial charge in [0.1, 0.15) is 5.82 Å². The first-order valence-electron chi connectivity index (χ1n) is 9.89. The Kier molecular flexibility index (Phi) is 5.31. The van der Waals surface area contributed by atoms with Gasteiger partial charge in [-0.1, -0.05) is 36.4 Å². The van der Waals surface area contributed by atoms with Gasteiger partial charge >= 0.3 is 0 Å². The molecular weight excluding hydrogens is 379 g/mol. The summed E-state index contributed by atoms with van der Waals surface area (Å²) in [7, 11) is 0. The lowest BCUT2D eigenvalue weighted by atomic mass is 10.1. The Morgan fingerprint density at radius 2 is 1.83 bits per heavy atom. The Labute approximate surface area is 174 Å². The van der Waals surface area contributed by atoms with Crippen molar-refractivity contribution in [1.82, 2.24) is 14.6 Å². The molecule has 152 valence electrons. The molecule has 0 aliphatic rings. The lowest BCUT2D eigenvalue weighted by Crippen LogP contribution is -2.14. The first-order chi connectivity index (χ1) is 14.4. The number of rotatable bonds is 5. The zero-order valence-electron chi connectivity index (χ0n) is 17.2. The number of carbonyl (C=O) groups is 1. The number of fused-ring (bicyclic) bond motifs is 1. The molecule has 30 heavy (non-hydrogen) atoms. The Balaban J connectivity index is 1.53. The number of aromatic nitrogens is 3. The van der Waals surface area contributed by atoms with Gasteiger partial charge in [-0.15, -0.1) is 0 Å². The standard InChI is InChI=1S/C24H23FN4O/c1-15-9-10-19(13-21(15)25)27-24(30)12-11-20-16(2)26-23-14-22(28-29(23)17(20)3)18-7-5-4-6-8-18/h4-10,13-14H,11-12H2,1-3H3,(H,27,30). The summed E-state index contributed by atoms with van der Waals surface area (Å²) in [5.41, 5.74) is 6.54. The number of nitrogens with one attached hydrogen (secondary N) is 1. The molecule has 0 radical (unpaired) electrons. The van der Waals surface area contributed by atoms with Crippen LogP contribution in [-0.4, -0.2) is 20.5 Å². The van der Waals surface area contributed by atoms with Crippen LogP contribution in [0.25, 0.3) is 16.9 Å². The molecule has 2 aromatic heterocycles. The first kappa shape index (κ1) is 19.8. The number of amides is 1. The van der Waals surface area contributed by atoms with Gasteiger partial charge in [0.2, 0.25) is 5.91 Å². The lowest BCUT2D eigenvalue weighted by Gasteiger charge is -2.11. The number of halogens is 1. The van der Waals surface area contributed by atoms with E-state index in [-0.39, 0.29) is 18.1 Å². The molecule has 0 fully saturated rings. The van der Waals surface area contributed by atoms with Gasteiger partial charge in [-0.3, -0.25) is 4.79 Å². The van der Waals surface area contributed by atoms with Crippen molar-refractivity contribution in [3.63, 3.8) is 0 Å². The zero-order chi connectivity index (χ0) is 21.3. The second-order valence-electron chi connectivity index (χ2n) is 7.44. The summed E-state index contributed by atoms with van der Waals surface area (Å²) in [4.78, 5) is 17.1. The fraction of sp³-hybridized carbons (Fsp3) is 0.208. The van der Waals surface area contributed by atoms with Crippen molar-refractivity contribution in [2.75, 3.05) is 5.32 Å². The van der Waals surface area contributed by atoms with Gasteiger partial charge in [0.25, 0.3) is 0 Å². The van der Waals surface area contributed by atoms with E-state index in [1.807, 2.05) is 54.8 Å². The molecule has 6 heteroatoms. The summed E-state index contributed by atoms with van der Waals surface area (Å²) in [5, 5.41) is 7.47. The molecule has 0 bridgehead atoms. The normalized spacial score (nSPS) is 11.1. The Morgan fingerprint density at radius 1 is 1.07 bits per heavy atom. The second-order valence-corrected chi connectivity index (χ2v) is 7.44. The molecule has 2 heterocycles. The number of anilines is 1. The summed E-state index contributed by atoms with van der Waals surface area (Å²) in [5.74, 6) is -0.496. The number of nitrogens with zero attached hydrogens (tertiary/aromatic N) is 3. The third kappa shape index (κ3) is 3.94. The van der Waals surface area contributed by atoms with E-state index in [1.165, 1.54) is 6.07 Å². The van der Waals surface area contributed by atoms with Gasteiger partial charge in [0.05, 0.1) is 5.69 Å². The van der Waals surface area contributed by atoms with E-state index in [9.17, 15) is 9.18 Å². The highest BCUT2D eigenvalue weighted by molar-refractivity contribution is 5.90. The minimum absolute atomic E-state index is 0.164. The van der Waals surface area contributed by atoms with Crippen molar-refractivity contribution >= 4 is 17.2 Å². The molecule has 0 unspecified atom stereocenters. The van der Waals surface area contributed by atoms with E-state index in [2.05, 4.69) is 10.3 Å². The van der Waals surface area contributed by atoms with Crippen LogP contribution in [0.4, 0.5) is 10.1 Å². The number of carbonyl (C=O) groups excluding carboxylic acids is 1. The van der Waals surface area contributed by atoms with Crippen LogP contribution in [0.3, 0.4) is 0 Å². The Bertz CT molecular complexity index is 1230. The van der Waals surface area contributed by atoms with Crippen LogP contribution < -0.4 is 5.32 Å². The molecule has 0 atom stereocenters. The quantitative estimate of drug-likeness (QED) is 0.509. The van der Waals surface area contributed by atoms with Crippen LogP contribution in [-0.2, 0) is 11.2 Å². The highest BCUT2D eigenvalue weighted by Gasteiger charge is 2.14. The lowest BCUT2D eigenvalue weighted by molar-refractivity contribution is -0.116. The third-order valence-corrected chi connectivity index (χ3v) is 5.29. The average Bonchev–Trinajstić information content (AvgIpc) is 3.15. The number of aryl methyl sites for hydroxylation is 3. The highest BCUT2D eigenvalue weighted by Crippen LogP contribution is 2.23. The molecule has 4 rings (SSSR count). The van der Waals surface area contributed by atoms with Crippen molar-refractivity contribution in [3.05, 3.63) is 82.9 Å². The number of benzene rings is 2. The van der Waals surface area contributed by atoms with E-state index in [0.29, 0.717) is 17.7 Å². The average molecular weight is 402 g/mol. The van der Waals surface area contributed by atoms with E-state index in [1.54, 1.807) is 19.1 Å². The summed E-state index contributed by atoms with van der Waals surface area (Å²) < 4.78 is 15.5. The summed E-state index contributed by atoms with van der Waals surface area (Å²) >= 11 is 0. The maximum Gasteiger partial charge on any atom is 0.224 e. The first-order valence-corrected chi connectivity index (χ1v) is 9.89. The van der Waals surface area contributed by atoms with Crippen molar-refractivity contribution in [2.24, 2.45) is 0 Å². The van der Waals surface area contributed by atoms with Gasteiger partial charge in [0, 0.05) is 35.1 Å². The van der Waals surface area contributed by atoms with E-state index >= 15 is 0 Å². The van der Waals surface area contributed by atoms with Crippen LogP contribution >= 0.6 is 0 Å². The fourth-order valence-electron chi connectivity index (χ4n) is 3.57. The zero-order valence-corrected chi connectivity index (χ0v) is 17.2. The molecule has 0 spiro atoms. The van der Waals surface area contributed by atoms with E-state index < -0.39 is 0 Å². The molecule has 0 aliphatic heterocycles. The molecule has 0 saturated heterocycles. The maximum absolute atomic E-state index is 13.7. The molecule has 4 aromatic rings. The molecular formula is C24H23FN4O. The van der Waals surface area contributed by atoms with Gasteiger partial charge in [-0.25, -0.2) is 13.9 Å². The van der Waals surface area contributed by atoms with Crippen LogP contribution in [0.5, 0.6) is 0 Å². The van der Waals surface area contributed by atoms with Crippen LogP contribution in [0, 0.1) is 26.6 Å². The topological polar surface area (TPSA) is 59.3 Å². The van der Waals surface area contributed by atoms with E-state index in [0.717, 1.165) is 33.9 Å². The van der Waals surface area contributed by atoms with Crippen molar-refractivity contribution < 1.29 is 9.18 Å². The number of hydrogen-bond acceptors (Lipinski definition) is 3. The van der Waals surface area contributed by atoms with Gasteiger partial charge < -0.3 is 5.32 Å². The predicted molar refractivity (Wildman–Crippen MR) is 116 cm³/mol. The Hall–Kier alpha value is -3.54. The van der Waals surface area contributed by atoms with Crippen LogP contribution in [0.2, 0.25) is 0 Å². The maximum atomic E-state index is 13.7. The summed E-state index contributed by atoms with van der Waals surface area (Å²) in [6, 6.07) is 16.6. The molecule has 1 N–H and O–H groups in total. The molecule has 1 amide bonds. The highest BCUT2D eigenvalue weighted by atomic mass is 19.1.